The SMILES string of the molecule is CN1CCN(CCNCc2ccoc2)c2ccccc21. The second kappa shape index (κ2) is 6.01. The highest BCUT2D eigenvalue weighted by Crippen LogP contribution is 2.31. The molecular formula is C16H21N3O. The number of benzene rings is 1. The van der Waals surface area contributed by atoms with E-state index in [0.717, 1.165) is 32.7 Å². The summed E-state index contributed by atoms with van der Waals surface area (Å²) in [6, 6.07) is 10.6. The predicted molar refractivity (Wildman–Crippen MR) is 82.3 cm³/mol. The van der Waals surface area contributed by atoms with Gasteiger partial charge < -0.3 is 19.5 Å². The minimum Gasteiger partial charge on any atom is -0.472 e. The van der Waals surface area contributed by atoms with Gasteiger partial charge in [-0.1, -0.05) is 12.1 Å². The van der Waals surface area contributed by atoms with Gasteiger partial charge in [0.15, 0.2) is 0 Å². The van der Waals surface area contributed by atoms with E-state index in [9.17, 15) is 0 Å². The average molecular weight is 271 g/mol. The van der Waals surface area contributed by atoms with Crippen molar-refractivity contribution < 1.29 is 4.42 Å². The van der Waals surface area contributed by atoms with Crippen molar-refractivity contribution in [2.24, 2.45) is 0 Å². The fourth-order valence-corrected chi connectivity index (χ4v) is 2.64. The molecule has 1 N–H and O–H groups in total. The number of fused-ring (bicyclic) bond motifs is 1. The van der Waals surface area contributed by atoms with Crippen molar-refractivity contribution in [1.29, 1.82) is 0 Å². The van der Waals surface area contributed by atoms with Crippen molar-refractivity contribution >= 4 is 11.4 Å². The zero-order valence-electron chi connectivity index (χ0n) is 11.9. The molecule has 1 aliphatic heterocycles. The van der Waals surface area contributed by atoms with Gasteiger partial charge in [-0.05, 0) is 18.2 Å². The number of para-hydroxylation sites is 2. The van der Waals surface area contributed by atoms with Gasteiger partial charge in [0.1, 0.15) is 0 Å². The number of nitrogens with one attached hydrogen (secondary N) is 1. The molecule has 0 saturated heterocycles. The summed E-state index contributed by atoms with van der Waals surface area (Å²) in [6.07, 6.45) is 3.51. The zero-order valence-corrected chi connectivity index (χ0v) is 11.9. The molecule has 0 aliphatic carbocycles. The van der Waals surface area contributed by atoms with Gasteiger partial charge in [0, 0.05) is 45.3 Å². The number of anilines is 2. The number of hydrogen-bond donors (Lipinski definition) is 1. The van der Waals surface area contributed by atoms with E-state index in [-0.39, 0.29) is 0 Å². The Morgan fingerprint density at radius 3 is 2.80 bits per heavy atom. The van der Waals surface area contributed by atoms with Crippen LogP contribution >= 0.6 is 0 Å². The highest BCUT2D eigenvalue weighted by molar-refractivity contribution is 5.73. The van der Waals surface area contributed by atoms with Gasteiger partial charge in [-0.2, -0.15) is 0 Å². The van der Waals surface area contributed by atoms with Crippen LogP contribution in [0.2, 0.25) is 0 Å². The van der Waals surface area contributed by atoms with Crippen molar-refractivity contribution in [3.05, 3.63) is 48.4 Å². The van der Waals surface area contributed by atoms with Crippen molar-refractivity contribution in [2.45, 2.75) is 6.54 Å². The smallest absolute Gasteiger partial charge is 0.0947 e. The lowest BCUT2D eigenvalue weighted by molar-refractivity contribution is 0.560. The quantitative estimate of drug-likeness (QED) is 0.846. The zero-order chi connectivity index (χ0) is 13.8. The first kappa shape index (κ1) is 13.1. The third-order valence-electron chi connectivity index (χ3n) is 3.81. The van der Waals surface area contributed by atoms with Crippen LogP contribution in [0.5, 0.6) is 0 Å². The molecule has 1 aliphatic rings. The van der Waals surface area contributed by atoms with E-state index in [0.29, 0.717) is 0 Å². The van der Waals surface area contributed by atoms with E-state index in [2.05, 4.69) is 46.4 Å². The Labute approximate surface area is 120 Å². The van der Waals surface area contributed by atoms with Gasteiger partial charge >= 0.3 is 0 Å². The van der Waals surface area contributed by atoms with Crippen LogP contribution in [0.15, 0.2) is 47.3 Å². The third-order valence-corrected chi connectivity index (χ3v) is 3.81. The molecule has 0 bridgehead atoms. The fourth-order valence-electron chi connectivity index (χ4n) is 2.64. The molecule has 4 nitrogen and oxygen atoms in total. The van der Waals surface area contributed by atoms with Crippen LogP contribution < -0.4 is 15.1 Å². The highest BCUT2D eigenvalue weighted by Gasteiger charge is 2.18. The molecule has 0 fully saturated rings. The van der Waals surface area contributed by atoms with E-state index in [4.69, 9.17) is 4.42 Å². The molecule has 0 amide bonds. The van der Waals surface area contributed by atoms with E-state index >= 15 is 0 Å². The summed E-state index contributed by atoms with van der Waals surface area (Å²) in [4.78, 5) is 4.78. The molecule has 2 aromatic rings. The van der Waals surface area contributed by atoms with Gasteiger partial charge in [0.25, 0.3) is 0 Å². The molecule has 1 aromatic carbocycles. The van der Waals surface area contributed by atoms with Gasteiger partial charge in [-0.15, -0.1) is 0 Å². The monoisotopic (exact) mass is 271 g/mol. The van der Waals surface area contributed by atoms with E-state index in [1.165, 1.54) is 16.9 Å². The molecule has 0 saturated carbocycles. The predicted octanol–water partition coefficient (Wildman–Crippen LogP) is 2.33. The largest absolute Gasteiger partial charge is 0.472 e. The van der Waals surface area contributed by atoms with Gasteiger partial charge in [0.2, 0.25) is 0 Å². The van der Waals surface area contributed by atoms with Gasteiger partial charge in [-0.25, -0.2) is 0 Å². The van der Waals surface area contributed by atoms with E-state index in [1.54, 1.807) is 12.5 Å². The minimum absolute atomic E-state index is 0.867. The summed E-state index contributed by atoms with van der Waals surface area (Å²) in [6.45, 7) is 5.04. The Kier molecular flexibility index (Phi) is 3.92. The topological polar surface area (TPSA) is 31.6 Å². The van der Waals surface area contributed by atoms with Crippen LogP contribution in [0.25, 0.3) is 0 Å². The van der Waals surface area contributed by atoms with Crippen LogP contribution in [0.1, 0.15) is 5.56 Å². The Bertz CT molecular complexity index is 538. The van der Waals surface area contributed by atoms with E-state index in [1.807, 2.05) is 6.07 Å². The summed E-state index contributed by atoms with van der Waals surface area (Å²) in [5, 5.41) is 3.46. The van der Waals surface area contributed by atoms with Crippen molar-refractivity contribution in [1.82, 2.24) is 5.32 Å². The normalized spacial score (nSPS) is 14.4. The summed E-state index contributed by atoms with van der Waals surface area (Å²) < 4.78 is 5.06. The van der Waals surface area contributed by atoms with Crippen LogP contribution in [0, 0.1) is 0 Å². The molecular weight excluding hydrogens is 250 g/mol. The third kappa shape index (κ3) is 2.80. The van der Waals surface area contributed by atoms with E-state index < -0.39 is 0 Å². The van der Waals surface area contributed by atoms with Crippen molar-refractivity contribution in [3.63, 3.8) is 0 Å². The fraction of sp³-hybridized carbons (Fsp3) is 0.375. The summed E-state index contributed by atoms with van der Waals surface area (Å²) in [7, 11) is 2.16. The lowest BCUT2D eigenvalue weighted by Gasteiger charge is -2.37. The molecule has 1 aromatic heterocycles. The second-order valence-electron chi connectivity index (χ2n) is 5.21. The minimum atomic E-state index is 0.867. The summed E-state index contributed by atoms with van der Waals surface area (Å²) in [5.74, 6) is 0. The van der Waals surface area contributed by atoms with Crippen molar-refractivity contribution in [3.8, 4) is 0 Å². The molecule has 0 atom stereocenters. The molecule has 0 radical (unpaired) electrons. The Hall–Kier alpha value is -1.94. The van der Waals surface area contributed by atoms with Gasteiger partial charge in [-0.3, -0.25) is 0 Å². The number of furan rings is 1. The lowest BCUT2D eigenvalue weighted by Crippen LogP contribution is -2.42. The molecule has 106 valence electrons. The Morgan fingerprint density at radius 2 is 2.00 bits per heavy atom. The first-order valence-corrected chi connectivity index (χ1v) is 7.11. The van der Waals surface area contributed by atoms with Crippen LogP contribution in [-0.4, -0.2) is 33.2 Å². The highest BCUT2D eigenvalue weighted by atomic mass is 16.3. The molecule has 20 heavy (non-hydrogen) atoms. The van der Waals surface area contributed by atoms with Crippen LogP contribution in [0.4, 0.5) is 11.4 Å². The van der Waals surface area contributed by atoms with Crippen LogP contribution in [0.3, 0.4) is 0 Å². The number of likely N-dealkylation sites (N-methyl/N-ethyl adjacent to an activating group) is 1. The number of hydrogen-bond acceptors (Lipinski definition) is 4. The molecule has 0 unspecified atom stereocenters. The summed E-state index contributed by atoms with van der Waals surface area (Å²) >= 11 is 0. The average Bonchev–Trinajstić information content (AvgIpc) is 2.99. The maximum absolute atomic E-state index is 5.06. The maximum Gasteiger partial charge on any atom is 0.0947 e. The lowest BCUT2D eigenvalue weighted by atomic mass is 10.2. The second-order valence-corrected chi connectivity index (χ2v) is 5.21. The molecule has 3 rings (SSSR count). The first-order chi connectivity index (χ1) is 9.84. The Balaban J connectivity index is 1.54. The van der Waals surface area contributed by atoms with Crippen LogP contribution in [-0.2, 0) is 6.54 Å². The first-order valence-electron chi connectivity index (χ1n) is 7.11. The van der Waals surface area contributed by atoms with Crippen molar-refractivity contribution in [2.75, 3.05) is 43.0 Å². The number of rotatable bonds is 5. The van der Waals surface area contributed by atoms with Gasteiger partial charge in [0.05, 0.1) is 23.9 Å². The molecule has 2 heterocycles. The summed E-state index contributed by atoms with van der Waals surface area (Å²) in [5.41, 5.74) is 3.86. The Morgan fingerprint density at radius 1 is 1.15 bits per heavy atom. The molecule has 0 spiro atoms. The standard InChI is InChI=1S/C16H21N3O/c1-18-9-10-19(16-5-3-2-4-15(16)18)8-7-17-12-14-6-11-20-13-14/h2-6,11,13,17H,7-10,12H2,1H3. The molecule has 4 heteroatoms. The maximum atomic E-state index is 5.06. The number of nitrogens with zero attached hydrogens (tertiary/aromatic N) is 2.